The van der Waals surface area contributed by atoms with Gasteiger partial charge in [-0.2, -0.15) is 0 Å². The van der Waals surface area contributed by atoms with Gasteiger partial charge >= 0.3 is 12.1 Å². The van der Waals surface area contributed by atoms with Gasteiger partial charge in [0.05, 0.1) is 11.6 Å². The first-order chi connectivity index (χ1) is 13.7. The molecule has 7 nitrogen and oxygen atoms in total. The topological polar surface area (TPSA) is 100.0 Å². The number of aliphatic hydroxyl groups is 1. The normalized spacial score (nSPS) is 22.1. The van der Waals surface area contributed by atoms with Crippen LogP contribution in [0.25, 0.3) is 0 Å². The highest BCUT2D eigenvalue weighted by molar-refractivity contribution is 8.01. The Bertz CT molecular complexity index is 801. The molecule has 1 saturated heterocycles. The molecule has 2 N–H and O–H groups in total. The molecule has 1 aromatic rings. The van der Waals surface area contributed by atoms with Gasteiger partial charge in [0.1, 0.15) is 6.10 Å². The van der Waals surface area contributed by atoms with Gasteiger partial charge in [-0.05, 0) is 27.2 Å². The van der Waals surface area contributed by atoms with Gasteiger partial charge in [0.2, 0.25) is 0 Å². The summed E-state index contributed by atoms with van der Waals surface area (Å²) in [7, 11) is 0. The molecule has 158 valence electrons. The summed E-state index contributed by atoms with van der Waals surface area (Å²) >= 11 is 2.68. The molecule has 0 bridgehead atoms. The first-order valence-corrected chi connectivity index (χ1v) is 11.1. The molecule has 0 radical (unpaired) electrons. The summed E-state index contributed by atoms with van der Waals surface area (Å²) in [4.78, 5) is 28.7. The predicted octanol–water partition coefficient (Wildman–Crippen LogP) is 3.97. The number of rotatable bonds is 10. The molecule has 1 unspecified atom stereocenters. The van der Waals surface area contributed by atoms with E-state index in [4.69, 9.17) is 9.84 Å². The largest absolute Gasteiger partial charge is 0.476 e. The van der Waals surface area contributed by atoms with Gasteiger partial charge < -0.3 is 14.9 Å². The number of carbonyl (C=O) groups excluding carboxylic acids is 1. The average molecular weight is 439 g/mol. The summed E-state index contributed by atoms with van der Waals surface area (Å²) in [5.74, 6) is -0.477. The number of aromatic nitrogens is 1. The van der Waals surface area contributed by atoms with Crippen molar-refractivity contribution in [1.82, 2.24) is 9.88 Å². The predicted molar refractivity (Wildman–Crippen MR) is 115 cm³/mol. The Balaban J connectivity index is 1.92. The lowest BCUT2D eigenvalue weighted by Gasteiger charge is -2.21. The molecule has 29 heavy (non-hydrogen) atoms. The summed E-state index contributed by atoms with van der Waals surface area (Å²) in [5, 5.41) is 20.8. The Morgan fingerprint density at radius 1 is 1.48 bits per heavy atom. The molecule has 0 aliphatic carbocycles. The number of carboxylic acid groups (broad SMARTS) is 1. The van der Waals surface area contributed by atoms with Crippen LogP contribution in [-0.2, 0) is 4.74 Å². The standard InChI is InChI=1S/C20H26N2O5S2/c1-4-5-6-9-20(3,26)10-7-8-16-14(2)27-19(25)22(16)11-12-28-18-21-15(13-29-18)17(23)24/h4-9,13-14,16,26H,10-12H2,1-3H3,(H,23,24)/t14-,16-,20?/m0/s1. The second-order valence-electron chi connectivity index (χ2n) is 6.80. The maximum Gasteiger partial charge on any atom is 0.410 e. The molecule has 1 aromatic heterocycles. The molecular formula is C20H26N2O5S2. The van der Waals surface area contributed by atoms with Crippen molar-refractivity contribution in [2.75, 3.05) is 12.3 Å². The van der Waals surface area contributed by atoms with Crippen molar-refractivity contribution in [2.45, 2.75) is 49.3 Å². The van der Waals surface area contributed by atoms with E-state index >= 15 is 0 Å². The zero-order chi connectivity index (χ0) is 21.4. The van der Waals surface area contributed by atoms with Crippen LogP contribution in [0.15, 0.2) is 46.2 Å². The molecule has 1 aliphatic rings. The van der Waals surface area contributed by atoms with Crippen LogP contribution < -0.4 is 0 Å². The summed E-state index contributed by atoms with van der Waals surface area (Å²) in [6.45, 7) is 5.92. The number of thioether (sulfide) groups is 1. The molecule has 1 aliphatic heterocycles. The number of hydrogen-bond donors (Lipinski definition) is 2. The number of amides is 1. The molecule has 0 aromatic carbocycles. The average Bonchev–Trinajstić information content (AvgIpc) is 3.21. The summed E-state index contributed by atoms with van der Waals surface area (Å²) < 4.78 is 5.99. The van der Waals surface area contributed by atoms with E-state index in [1.54, 1.807) is 24.0 Å². The van der Waals surface area contributed by atoms with E-state index < -0.39 is 11.6 Å². The molecule has 1 amide bonds. The summed E-state index contributed by atoms with van der Waals surface area (Å²) in [6, 6.07) is -0.218. The minimum atomic E-state index is -1.05. The molecule has 2 heterocycles. The Morgan fingerprint density at radius 2 is 2.24 bits per heavy atom. The third-order valence-corrected chi connectivity index (χ3v) is 6.25. The number of ether oxygens (including phenoxy) is 1. The number of allylic oxidation sites excluding steroid dienone is 3. The third-order valence-electron chi connectivity index (χ3n) is 4.25. The molecule has 0 saturated carbocycles. The fourth-order valence-corrected chi connectivity index (χ4v) is 4.52. The van der Waals surface area contributed by atoms with Crippen LogP contribution in [0.1, 0.15) is 37.7 Å². The molecular weight excluding hydrogens is 412 g/mol. The second-order valence-corrected chi connectivity index (χ2v) is 9.00. The number of hydrogen-bond acceptors (Lipinski definition) is 7. The van der Waals surface area contributed by atoms with E-state index in [0.29, 0.717) is 23.1 Å². The first-order valence-electron chi connectivity index (χ1n) is 9.22. The highest BCUT2D eigenvalue weighted by Gasteiger charge is 2.37. The van der Waals surface area contributed by atoms with Gasteiger partial charge in [0, 0.05) is 17.7 Å². The van der Waals surface area contributed by atoms with E-state index in [-0.39, 0.29) is 23.9 Å². The van der Waals surface area contributed by atoms with Gasteiger partial charge in [-0.1, -0.05) is 48.2 Å². The molecule has 2 rings (SSSR count). The van der Waals surface area contributed by atoms with Gasteiger partial charge in [0.15, 0.2) is 10.0 Å². The minimum absolute atomic E-state index is 0.0306. The number of carbonyl (C=O) groups is 2. The van der Waals surface area contributed by atoms with Crippen LogP contribution in [-0.4, -0.2) is 62.2 Å². The lowest BCUT2D eigenvalue weighted by atomic mass is 10.0. The van der Waals surface area contributed by atoms with Crippen LogP contribution in [0.4, 0.5) is 4.79 Å². The lowest BCUT2D eigenvalue weighted by Crippen LogP contribution is -2.36. The second kappa shape index (κ2) is 10.6. The van der Waals surface area contributed by atoms with Crippen molar-refractivity contribution in [3.63, 3.8) is 0 Å². The highest BCUT2D eigenvalue weighted by Crippen LogP contribution is 2.26. The Labute approximate surface area is 178 Å². The van der Waals surface area contributed by atoms with Gasteiger partial charge in [-0.3, -0.25) is 4.90 Å². The van der Waals surface area contributed by atoms with Crippen molar-refractivity contribution in [1.29, 1.82) is 0 Å². The molecule has 9 heteroatoms. The fraction of sp³-hybridized carbons (Fsp3) is 0.450. The van der Waals surface area contributed by atoms with Crippen molar-refractivity contribution >= 4 is 35.2 Å². The third kappa shape index (κ3) is 7.02. The number of cyclic esters (lactones) is 1. The number of carboxylic acids is 1. The Hall–Kier alpha value is -2.10. The molecule has 3 atom stereocenters. The number of nitrogens with zero attached hydrogens (tertiary/aromatic N) is 2. The molecule has 1 fully saturated rings. The van der Waals surface area contributed by atoms with E-state index in [9.17, 15) is 14.7 Å². The van der Waals surface area contributed by atoms with Gasteiger partial charge in [0.25, 0.3) is 0 Å². The molecule has 0 spiro atoms. The van der Waals surface area contributed by atoms with Crippen molar-refractivity contribution in [3.8, 4) is 0 Å². The van der Waals surface area contributed by atoms with Crippen molar-refractivity contribution < 1.29 is 24.5 Å². The monoisotopic (exact) mass is 438 g/mol. The zero-order valence-corrected chi connectivity index (χ0v) is 18.3. The van der Waals surface area contributed by atoms with Gasteiger partial charge in [-0.15, -0.1) is 11.3 Å². The maximum atomic E-state index is 12.2. The van der Waals surface area contributed by atoms with Crippen LogP contribution in [0.2, 0.25) is 0 Å². The first kappa shape index (κ1) is 23.2. The zero-order valence-electron chi connectivity index (χ0n) is 16.6. The van der Waals surface area contributed by atoms with Crippen LogP contribution in [0.3, 0.4) is 0 Å². The SMILES string of the molecule is CC=CC=CC(C)(O)CC=C[C@H]1[C@H](C)OC(=O)N1CCSc1nc(C(=O)O)cs1. The number of aromatic carboxylic acids is 1. The lowest BCUT2D eigenvalue weighted by molar-refractivity contribution is 0.0690. The van der Waals surface area contributed by atoms with E-state index in [1.165, 1.54) is 28.5 Å². The Kier molecular flexibility index (Phi) is 8.48. The highest BCUT2D eigenvalue weighted by atomic mass is 32.2. The summed E-state index contributed by atoms with van der Waals surface area (Å²) in [6.07, 6.45) is 10.8. The minimum Gasteiger partial charge on any atom is -0.476 e. The smallest absolute Gasteiger partial charge is 0.410 e. The van der Waals surface area contributed by atoms with Gasteiger partial charge in [-0.25, -0.2) is 14.6 Å². The summed E-state index contributed by atoms with van der Waals surface area (Å²) in [5.41, 5.74) is -0.946. The van der Waals surface area contributed by atoms with E-state index in [2.05, 4.69) is 4.98 Å². The van der Waals surface area contributed by atoms with Crippen LogP contribution >= 0.6 is 23.1 Å². The van der Waals surface area contributed by atoms with Crippen molar-refractivity contribution in [2.24, 2.45) is 0 Å². The fourth-order valence-electron chi connectivity index (χ4n) is 2.71. The number of thiazole rings is 1. The quantitative estimate of drug-likeness (QED) is 0.324. The van der Waals surface area contributed by atoms with Crippen molar-refractivity contribution in [3.05, 3.63) is 47.5 Å². The van der Waals surface area contributed by atoms with E-state index in [0.717, 1.165) is 0 Å². The van der Waals surface area contributed by atoms with E-state index in [1.807, 2.05) is 38.2 Å². The van der Waals surface area contributed by atoms with Crippen LogP contribution in [0, 0.1) is 0 Å². The van der Waals surface area contributed by atoms with Crippen LogP contribution in [0.5, 0.6) is 0 Å². The Morgan fingerprint density at radius 3 is 2.90 bits per heavy atom. The maximum absolute atomic E-state index is 12.2.